The van der Waals surface area contributed by atoms with Gasteiger partial charge in [0.05, 0.1) is 5.69 Å². The number of carbonyl (C=O) groups excluding carboxylic acids is 3. The Kier molecular flexibility index (Phi) is 3.60. The Hall–Kier alpha value is -2.73. The molecule has 110 valence electrons. The number of rotatable bonds is 2. The SMILES string of the molecule is Cc1cccc(N2C(=O)NC(=O)/C(=C\c3ccsc3)C2=O)c1. The van der Waals surface area contributed by atoms with E-state index in [1.807, 2.05) is 23.8 Å². The Morgan fingerprint density at radius 2 is 2.00 bits per heavy atom. The third-order valence-corrected chi connectivity index (χ3v) is 3.92. The molecular weight excluding hydrogens is 300 g/mol. The molecule has 0 radical (unpaired) electrons. The van der Waals surface area contributed by atoms with Crippen molar-refractivity contribution in [2.75, 3.05) is 4.90 Å². The van der Waals surface area contributed by atoms with Gasteiger partial charge < -0.3 is 0 Å². The molecule has 1 saturated heterocycles. The molecule has 1 aliphatic rings. The van der Waals surface area contributed by atoms with Crippen molar-refractivity contribution in [3.63, 3.8) is 0 Å². The number of hydrogen-bond donors (Lipinski definition) is 1. The first kappa shape index (κ1) is 14.2. The van der Waals surface area contributed by atoms with Crippen LogP contribution in [0.5, 0.6) is 0 Å². The van der Waals surface area contributed by atoms with Crippen LogP contribution in [0.25, 0.3) is 6.08 Å². The first-order valence-electron chi connectivity index (χ1n) is 6.56. The van der Waals surface area contributed by atoms with Crippen LogP contribution in [0.1, 0.15) is 11.1 Å². The number of thiophene rings is 1. The van der Waals surface area contributed by atoms with Gasteiger partial charge in [-0.2, -0.15) is 11.3 Å². The van der Waals surface area contributed by atoms with E-state index in [-0.39, 0.29) is 5.57 Å². The van der Waals surface area contributed by atoms with E-state index in [0.717, 1.165) is 16.0 Å². The lowest BCUT2D eigenvalue weighted by Crippen LogP contribution is -2.54. The summed E-state index contributed by atoms with van der Waals surface area (Å²) in [6.45, 7) is 1.86. The van der Waals surface area contributed by atoms with Crippen LogP contribution < -0.4 is 10.2 Å². The highest BCUT2D eigenvalue weighted by Gasteiger charge is 2.36. The third-order valence-electron chi connectivity index (χ3n) is 3.22. The zero-order chi connectivity index (χ0) is 15.7. The fraction of sp³-hybridized carbons (Fsp3) is 0.0625. The summed E-state index contributed by atoms with van der Waals surface area (Å²) in [7, 11) is 0. The molecule has 1 aromatic heterocycles. The maximum Gasteiger partial charge on any atom is 0.335 e. The summed E-state index contributed by atoms with van der Waals surface area (Å²) in [6.07, 6.45) is 1.49. The van der Waals surface area contributed by atoms with Gasteiger partial charge in [-0.25, -0.2) is 9.69 Å². The summed E-state index contributed by atoms with van der Waals surface area (Å²) >= 11 is 1.46. The van der Waals surface area contributed by atoms with Gasteiger partial charge in [0.1, 0.15) is 5.57 Å². The number of hydrogen-bond acceptors (Lipinski definition) is 4. The number of urea groups is 1. The van der Waals surface area contributed by atoms with Crippen LogP contribution in [0.15, 0.2) is 46.7 Å². The van der Waals surface area contributed by atoms with Crippen LogP contribution in [0.4, 0.5) is 10.5 Å². The second kappa shape index (κ2) is 5.57. The summed E-state index contributed by atoms with van der Waals surface area (Å²) in [6, 6.07) is 8.06. The highest BCUT2D eigenvalue weighted by Crippen LogP contribution is 2.23. The molecule has 1 aromatic carbocycles. The molecule has 0 atom stereocenters. The van der Waals surface area contributed by atoms with Crippen molar-refractivity contribution in [1.29, 1.82) is 0 Å². The summed E-state index contributed by atoms with van der Waals surface area (Å²) in [5.74, 6) is -1.30. The van der Waals surface area contributed by atoms with Gasteiger partial charge >= 0.3 is 6.03 Å². The molecule has 4 amide bonds. The predicted octanol–water partition coefficient (Wildman–Crippen LogP) is 2.72. The lowest BCUT2D eigenvalue weighted by molar-refractivity contribution is -0.122. The molecule has 0 saturated carbocycles. The number of nitrogens with zero attached hydrogens (tertiary/aromatic N) is 1. The number of aryl methyl sites for hydroxylation is 1. The molecule has 0 aliphatic carbocycles. The Labute approximate surface area is 130 Å². The Balaban J connectivity index is 2.03. The average Bonchev–Trinajstić information content (AvgIpc) is 2.96. The van der Waals surface area contributed by atoms with Gasteiger partial charge in [0.15, 0.2) is 0 Å². The maximum atomic E-state index is 12.6. The smallest absolute Gasteiger partial charge is 0.273 e. The summed E-state index contributed by atoms with van der Waals surface area (Å²) in [5.41, 5.74) is 2.05. The topological polar surface area (TPSA) is 66.5 Å². The van der Waals surface area contributed by atoms with Crippen molar-refractivity contribution < 1.29 is 14.4 Å². The zero-order valence-corrected chi connectivity index (χ0v) is 12.5. The van der Waals surface area contributed by atoms with Crippen molar-refractivity contribution in [3.8, 4) is 0 Å². The lowest BCUT2D eigenvalue weighted by Gasteiger charge is -2.26. The monoisotopic (exact) mass is 312 g/mol. The predicted molar refractivity (Wildman–Crippen MR) is 84.5 cm³/mol. The van der Waals surface area contributed by atoms with Crippen molar-refractivity contribution >= 4 is 40.9 Å². The standard InChI is InChI=1S/C16H12N2O3S/c1-10-3-2-4-12(7-10)18-15(20)13(14(19)17-16(18)21)8-11-5-6-22-9-11/h2-9H,1H3,(H,17,19,21)/b13-8+. The molecule has 2 heterocycles. The van der Waals surface area contributed by atoms with Crippen LogP contribution in [-0.4, -0.2) is 17.8 Å². The number of nitrogens with one attached hydrogen (secondary N) is 1. The van der Waals surface area contributed by atoms with E-state index < -0.39 is 17.8 Å². The van der Waals surface area contributed by atoms with E-state index >= 15 is 0 Å². The van der Waals surface area contributed by atoms with Crippen molar-refractivity contribution in [1.82, 2.24) is 5.32 Å². The molecule has 1 aliphatic heterocycles. The fourth-order valence-electron chi connectivity index (χ4n) is 2.18. The molecule has 2 aromatic rings. The highest BCUT2D eigenvalue weighted by molar-refractivity contribution is 7.08. The molecule has 0 bridgehead atoms. The van der Waals surface area contributed by atoms with Gasteiger partial charge in [-0.15, -0.1) is 0 Å². The number of carbonyl (C=O) groups is 3. The maximum absolute atomic E-state index is 12.6. The minimum Gasteiger partial charge on any atom is -0.273 e. The van der Waals surface area contributed by atoms with E-state index in [2.05, 4.69) is 5.32 Å². The molecule has 3 rings (SSSR count). The third kappa shape index (κ3) is 2.56. The van der Waals surface area contributed by atoms with E-state index in [9.17, 15) is 14.4 Å². The Morgan fingerprint density at radius 3 is 2.68 bits per heavy atom. The molecule has 1 N–H and O–H groups in total. The van der Waals surface area contributed by atoms with Crippen LogP contribution in [0.2, 0.25) is 0 Å². The summed E-state index contributed by atoms with van der Waals surface area (Å²) < 4.78 is 0. The molecule has 6 heteroatoms. The van der Waals surface area contributed by atoms with E-state index in [0.29, 0.717) is 5.69 Å². The van der Waals surface area contributed by atoms with Crippen LogP contribution >= 0.6 is 11.3 Å². The minimum absolute atomic E-state index is 0.0560. The van der Waals surface area contributed by atoms with Gasteiger partial charge in [0.2, 0.25) is 0 Å². The van der Waals surface area contributed by atoms with Gasteiger partial charge in [-0.05, 0) is 53.1 Å². The lowest BCUT2D eigenvalue weighted by atomic mass is 10.1. The van der Waals surface area contributed by atoms with E-state index in [1.54, 1.807) is 24.3 Å². The molecule has 0 spiro atoms. The molecule has 5 nitrogen and oxygen atoms in total. The van der Waals surface area contributed by atoms with Gasteiger partial charge in [0.25, 0.3) is 11.8 Å². The number of anilines is 1. The van der Waals surface area contributed by atoms with Gasteiger partial charge in [0, 0.05) is 0 Å². The Morgan fingerprint density at radius 1 is 1.18 bits per heavy atom. The van der Waals surface area contributed by atoms with Crippen LogP contribution in [0, 0.1) is 6.92 Å². The fourth-order valence-corrected chi connectivity index (χ4v) is 2.80. The molecule has 1 fully saturated rings. The minimum atomic E-state index is -0.733. The normalized spacial score (nSPS) is 17.0. The second-order valence-electron chi connectivity index (χ2n) is 4.85. The van der Waals surface area contributed by atoms with Crippen LogP contribution in [-0.2, 0) is 9.59 Å². The highest BCUT2D eigenvalue weighted by atomic mass is 32.1. The van der Waals surface area contributed by atoms with Gasteiger partial charge in [-0.1, -0.05) is 12.1 Å². The summed E-state index contributed by atoms with van der Waals surface area (Å²) in [5, 5.41) is 5.87. The van der Waals surface area contributed by atoms with E-state index in [4.69, 9.17) is 0 Å². The van der Waals surface area contributed by atoms with Crippen molar-refractivity contribution in [2.24, 2.45) is 0 Å². The van der Waals surface area contributed by atoms with Crippen molar-refractivity contribution in [2.45, 2.75) is 6.92 Å². The molecule has 0 unspecified atom stereocenters. The second-order valence-corrected chi connectivity index (χ2v) is 5.63. The Bertz CT molecular complexity index is 793. The first-order valence-corrected chi connectivity index (χ1v) is 7.51. The van der Waals surface area contributed by atoms with E-state index in [1.165, 1.54) is 17.4 Å². The molecular formula is C16H12N2O3S. The average molecular weight is 312 g/mol. The number of barbiturate groups is 1. The number of amides is 4. The number of benzene rings is 1. The first-order chi connectivity index (χ1) is 10.6. The summed E-state index contributed by atoms with van der Waals surface area (Å²) in [4.78, 5) is 37.5. The number of imide groups is 2. The molecule has 22 heavy (non-hydrogen) atoms. The van der Waals surface area contributed by atoms with Crippen LogP contribution in [0.3, 0.4) is 0 Å². The quantitative estimate of drug-likeness (QED) is 0.685. The van der Waals surface area contributed by atoms with Crippen molar-refractivity contribution in [3.05, 3.63) is 57.8 Å². The zero-order valence-electron chi connectivity index (χ0n) is 11.7. The van der Waals surface area contributed by atoms with Gasteiger partial charge in [-0.3, -0.25) is 14.9 Å². The largest absolute Gasteiger partial charge is 0.335 e.